The number of halogens is 1. The fourth-order valence-corrected chi connectivity index (χ4v) is 1.88. The van der Waals surface area contributed by atoms with Crippen LogP contribution in [0.15, 0.2) is 0 Å². The largest absolute Gasteiger partial charge is 0.248 e. The summed E-state index contributed by atoms with van der Waals surface area (Å²) in [5.74, 6) is 0.703. The summed E-state index contributed by atoms with van der Waals surface area (Å²) in [5.41, 5.74) is 0. The van der Waals surface area contributed by atoms with Crippen LogP contribution in [0.5, 0.6) is 0 Å². The van der Waals surface area contributed by atoms with Crippen LogP contribution in [-0.2, 0) is 0 Å². The van der Waals surface area contributed by atoms with Gasteiger partial charge < -0.3 is 0 Å². The highest BCUT2D eigenvalue weighted by Crippen LogP contribution is 2.27. The van der Waals surface area contributed by atoms with Crippen molar-refractivity contribution in [3.8, 4) is 0 Å². The molecule has 1 saturated carbocycles. The Morgan fingerprint density at radius 2 is 1.90 bits per heavy atom. The zero-order valence-corrected chi connectivity index (χ0v) is 6.78. The van der Waals surface area contributed by atoms with E-state index in [0.29, 0.717) is 5.92 Å². The first-order valence-electron chi connectivity index (χ1n) is 4.43. The molecule has 0 saturated heterocycles. The van der Waals surface area contributed by atoms with Gasteiger partial charge >= 0.3 is 0 Å². The summed E-state index contributed by atoms with van der Waals surface area (Å²) < 4.78 is 12.5. The second-order valence-corrected chi connectivity index (χ2v) is 3.52. The zero-order chi connectivity index (χ0) is 7.40. The van der Waals surface area contributed by atoms with Gasteiger partial charge in [-0.3, -0.25) is 0 Å². The van der Waals surface area contributed by atoms with Crippen molar-refractivity contribution in [3.63, 3.8) is 0 Å². The van der Waals surface area contributed by atoms with Crippen molar-refractivity contribution < 1.29 is 4.39 Å². The molecule has 1 atom stereocenters. The van der Waals surface area contributed by atoms with E-state index in [1.165, 1.54) is 32.1 Å². The van der Waals surface area contributed by atoms with Crippen LogP contribution in [-0.4, -0.2) is 6.17 Å². The molecule has 0 spiro atoms. The van der Waals surface area contributed by atoms with Crippen LogP contribution < -0.4 is 0 Å². The third kappa shape index (κ3) is 2.68. The summed E-state index contributed by atoms with van der Waals surface area (Å²) in [6.45, 7) is 1.68. The monoisotopic (exact) mass is 144 g/mol. The van der Waals surface area contributed by atoms with Crippen LogP contribution in [0.3, 0.4) is 0 Å². The van der Waals surface area contributed by atoms with E-state index in [0.717, 1.165) is 6.42 Å². The molecule has 0 nitrogen and oxygen atoms in total. The van der Waals surface area contributed by atoms with Crippen LogP contribution in [0.2, 0.25) is 0 Å². The SMILES string of the molecule is CC(F)CC1CCCCC1. The minimum atomic E-state index is -0.580. The zero-order valence-electron chi connectivity index (χ0n) is 6.78. The van der Waals surface area contributed by atoms with Gasteiger partial charge in [-0.05, 0) is 19.3 Å². The highest BCUT2D eigenvalue weighted by molar-refractivity contribution is 4.67. The molecule has 0 amide bonds. The van der Waals surface area contributed by atoms with Crippen molar-refractivity contribution in [3.05, 3.63) is 0 Å². The molecule has 10 heavy (non-hydrogen) atoms. The third-order valence-corrected chi connectivity index (χ3v) is 2.38. The van der Waals surface area contributed by atoms with Crippen LogP contribution in [0.1, 0.15) is 45.4 Å². The summed E-state index contributed by atoms with van der Waals surface area (Å²) in [4.78, 5) is 0. The summed E-state index contributed by atoms with van der Waals surface area (Å²) in [5, 5.41) is 0. The summed E-state index contributed by atoms with van der Waals surface area (Å²) in [7, 11) is 0. The number of alkyl halides is 1. The maximum absolute atomic E-state index is 12.5. The van der Waals surface area contributed by atoms with Gasteiger partial charge in [0.15, 0.2) is 0 Å². The van der Waals surface area contributed by atoms with E-state index in [4.69, 9.17) is 0 Å². The van der Waals surface area contributed by atoms with Crippen molar-refractivity contribution in [1.29, 1.82) is 0 Å². The standard InChI is InChI=1S/C9H17F/c1-8(10)7-9-5-3-2-4-6-9/h8-9H,2-7H2,1H3. The molecule has 0 bridgehead atoms. The van der Waals surface area contributed by atoms with Gasteiger partial charge in [-0.1, -0.05) is 32.1 Å². The lowest BCUT2D eigenvalue weighted by atomic mass is 9.86. The summed E-state index contributed by atoms with van der Waals surface area (Å²) >= 11 is 0. The van der Waals surface area contributed by atoms with E-state index < -0.39 is 6.17 Å². The Bertz CT molecular complexity index is 82.7. The Morgan fingerprint density at radius 3 is 2.40 bits per heavy atom. The maximum atomic E-state index is 12.5. The van der Waals surface area contributed by atoms with Crippen molar-refractivity contribution in [1.82, 2.24) is 0 Å². The molecule has 0 aromatic rings. The van der Waals surface area contributed by atoms with Crippen LogP contribution in [0.25, 0.3) is 0 Å². The fourth-order valence-electron chi connectivity index (χ4n) is 1.88. The van der Waals surface area contributed by atoms with Gasteiger partial charge in [0.25, 0.3) is 0 Å². The first-order chi connectivity index (χ1) is 4.79. The quantitative estimate of drug-likeness (QED) is 0.557. The summed E-state index contributed by atoms with van der Waals surface area (Å²) in [6.07, 6.45) is 6.80. The lowest BCUT2D eigenvalue weighted by Crippen LogP contribution is -2.10. The Kier molecular flexibility index (Phi) is 3.17. The lowest BCUT2D eigenvalue weighted by Gasteiger charge is -2.21. The topological polar surface area (TPSA) is 0 Å². The lowest BCUT2D eigenvalue weighted by molar-refractivity contribution is 0.245. The van der Waals surface area contributed by atoms with Gasteiger partial charge in [-0.25, -0.2) is 4.39 Å². The molecule has 1 aliphatic carbocycles. The number of rotatable bonds is 2. The molecular weight excluding hydrogens is 127 g/mol. The Labute approximate surface area is 62.8 Å². The fraction of sp³-hybridized carbons (Fsp3) is 1.00. The molecule has 60 valence electrons. The average molecular weight is 144 g/mol. The van der Waals surface area contributed by atoms with E-state index in [-0.39, 0.29) is 0 Å². The van der Waals surface area contributed by atoms with Gasteiger partial charge in [-0.15, -0.1) is 0 Å². The normalized spacial score (nSPS) is 24.6. The van der Waals surface area contributed by atoms with Crippen LogP contribution >= 0.6 is 0 Å². The predicted octanol–water partition coefficient (Wildman–Crippen LogP) is 3.31. The maximum Gasteiger partial charge on any atom is 0.0976 e. The molecular formula is C9H17F. The number of hydrogen-bond acceptors (Lipinski definition) is 0. The second-order valence-electron chi connectivity index (χ2n) is 3.52. The Hall–Kier alpha value is -0.0700. The van der Waals surface area contributed by atoms with E-state index in [9.17, 15) is 4.39 Å². The molecule has 0 aromatic carbocycles. The van der Waals surface area contributed by atoms with Gasteiger partial charge in [-0.2, -0.15) is 0 Å². The minimum Gasteiger partial charge on any atom is -0.248 e. The van der Waals surface area contributed by atoms with Crippen LogP contribution in [0.4, 0.5) is 4.39 Å². The highest BCUT2D eigenvalue weighted by atomic mass is 19.1. The molecule has 1 rings (SSSR count). The third-order valence-electron chi connectivity index (χ3n) is 2.38. The molecule has 1 heteroatoms. The average Bonchev–Trinajstić information content (AvgIpc) is 1.88. The molecule has 0 radical (unpaired) electrons. The highest BCUT2D eigenvalue weighted by Gasteiger charge is 2.15. The van der Waals surface area contributed by atoms with Gasteiger partial charge in [0.05, 0.1) is 6.17 Å². The molecule has 0 aliphatic heterocycles. The van der Waals surface area contributed by atoms with Crippen molar-refractivity contribution in [2.24, 2.45) is 5.92 Å². The van der Waals surface area contributed by atoms with Crippen LogP contribution in [0, 0.1) is 5.92 Å². The predicted molar refractivity (Wildman–Crippen MR) is 41.8 cm³/mol. The first kappa shape index (κ1) is 8.03. The van der Waals surface area contributed by atoms with Gasteiger partial charge in [0.1, 0.15) is 0 Å². The van der Waals surface area contributed by atoms with Gasteiger partial charge in [0, 0.05) is 0 Å². The number of hydrogen-bond donors (Lipinski definition) is 0. The smallest absolute Gasteiger partial charge is 0.0976 e. The van der Waals surface area contributed by atoms with E-state index in [1.54, 1.807) is 6.92 Å². The molecule has 0 aromatic heterocycles. The Balaban J connectivity index is 2.13. The Morgan fingerprint density at radius 1 is 1.30 bits per heavy atom. The molecule has 1 fully saturated rings. The van der Waals surface area contributed by atoms with E-state index in [1.807, 2.05) is 0 Å². The van der Waals surface area contributed by atoms with Crippen molar-refractivity contribution in [2.75, 3.05) is 0 Å². The first-order valence-corrected chi connectivity index (χ1v) is 4.43. The molecule has 0 heterocycles. The van der Waals surface area contributed by atoms with Gasteiger partial charge in [0.2, 0.25) is 0 Å². The van der Waals surface area contributed by atoms with Crippen molar-refractivity contribution in [2.45, 2.75) is 51.6 Å². The van der Waals surface area contributed by atoms with E-state index in [2.05, 4.69) is 0 Å². The van der Waals surface area contributed by atoms with E-state index >= 15 is 0 Å². The molecule has 1 aliphatic rings. The summed E-state index contributed by atoms with van der Waals surface area (Å²) in [6, 6.07) is 0. The second kappa shape index (κ2) is 3.95. The van der Waals surface area contributed by atoms with Crippen molar-refractivity contribution >= 4 is 0 Å². The minimum absolute atomic E-state index is 0.580. The molecule has 1 unspecified atom stereocenters. The molecule has 0 N–H and O–H groups in total.